The van der Waals surface area contributed by atoms with Crippen LogP contribution >= 0.6 is 0 Å². The topological polar surface area (TPSA) is 30.5 Å². The summed E-state index contributed by atoms with van der Waals surface area (Å²) in [5.41, 5.74) is 0.786. The highest BCUT2D eigenvalue weighted by molar-refractivity contribution is 5.34. The minimum absolute atomic E-state index is 0.236. The Bertz CT molecular complexity index is 391. The number of hydrogen-bond donors (Lipinski definition) is 1. The first kappa shape index (κ1) is 10.1. The van der Waals surface area contributed by atoms with E-state index in [-0.39, 0.29) is 18.1 Å². The number of fused-ring (bicyclic) bond motifs is 1. The van der Waals surface area contributed by atoms with Crippen LogP contribution in [0.4, 0.5) is 4.39 Å². The van der Waals surface area contributed by atoms with Crippen LogP contribution in [0.3, 0.4) is 0 Å². The third-order valence-corrected chi connectivity index (χ3v) is 3.10. The van der Waals surface area contributed by atoms with Crippen molar-refractivity contribution in [2.45, 2.75) is 31.8 Å². The van der Waals surface area contributed by atoms with Crippen molar-refractivity contribution in [3.05, 3.63) is 29.6 Å². The van der Waals surface area contributed by atoms with Crippen molar-refractivity contribution in [2.75, 3.05) is 6.54 Å². The van der Waals surface area contributed by atoms with E-state index in [1.54, 1.807) is 6.07 Å². The molecule has 2 unspecified atom stereocenters. The van der Waals surface area contributed by atoms with Gasteiger partial charge in [-0.15, -0.1) is 0 Å². The third-order valence-electron chi connectivity index (χ3n) is 3.10. The van der Waals surface area contributed by atoms with E-state index in [4.69, 9.17) is 9.47 Å². The molecule has 2 atom stereocenters. The molecule has 0 aliphatic carbocycles. The Morgan fingerprint density at radius 3 is 3.12 bits per heavy atom. The third kappa shape index (κ3) is 1.79. The lowest BCUT2D eigenvalue weighted by Gasteiger charge is -2.30. The number of nitrogens with one attached hydrogen (secondary N) is 1. The maximum atomic E-state index is 13.0. The first-order valence-corrected chi connectivity index (χ1v) is 5.63. The van der Waals surface area contributed by atoms with Crippen LogP contribution in [0.5, 0.6) is 5.75 Å². The second kappa shape index (κ2) is 4.03. The highest BCUT2D eigenvalue weighted by Crippen LogP contribution is 2.29. The van der Waals surface area contributed by atoms with Gasteiger partial charge in [0.25, 0.3) is 0 Å². The van der Waals surface area contributed by atoms with Gasteiger partial charge in [-0.2, -0.15) is 0 Å². The predicted molar refractivity (Wildman–Crippen MR) is 56.6 cm³/mol. The van der Waals surface area contributed by atoms with Crippen LogP contribution in [0.2, 0.25) is 0 Å². The van der Waals surface area contributed by atoms with E-state index in [9.17, 15) is 4.39 Å². The molecule has 0 radical (unpaired) electrons. The van der Waals surface area contributed by atoms with Gasteiger partial charge >= 0.3 is 0 Å². The van der Waals surface area contributed by atoms with Crippen molar-refractivity contribution in [1.29, 1.82) is 0 Å². The Labute approximate surface area is 93.6 Å². The molecule has 2 heterocycles. The molecule has 1 saturated heterocycles. The normalized spacial score (nSPS) is 28.6. The molecule has 1 fully saturated rings. The zero-order valence-electron chi connectivity index (χ0n) is 8.91. The molecule has 86 valence electrons. The van der Waals surface area contributed by atoms with E-state index in [0.717, 1.165) is 30.7 Å². The van der Waals surface area contributed by atoms with E-state index < -0.39 is 0 Å². The van der Waals surface area contributed by atoms with Crippen molar-refractivity contribution < 1.29 is 13.9 Å². The number of halogens is 1. The molecule has 0 aromatic heterocycles. The molecule has 0 amide bonds. The van der Waals surface area contributed by atoms with Crippen LogP contribution in [-0.4, -0.2) is 18.9 Å². The molecule has 4 heteroatoms. The monoisotopic (exact) mass is 223 g/mol. The van der Waals surface area contributed by atoms with E-state index >= 15 is 0 Å². The summed E-state index contributed by atoms with van der Waals surface area (Å²) < 4.78 is 24.3. The molecule has 1 aromatic rings. The minimum atomic E-state index is -0.247. The van der Waals surface area contributed by atoms with Crippen molar-refractivity contribution in [1.82, 2.24) is 5.32 Å². The van der Waals surface area contributed by atoms with Gasteiger partial charge in [0.2, 0.25) is 6.29 Å². The Morgan fingerprint density at radius 2 is 2.31 bits per heavy atom. The number of rotatable bonds is 1. The smallest absolute Gasteiger partial charge is 0.215 e. The lowest BCUT2D eigenvalue weighted by atomic mass is 10.1. The number of ether oxygens (including phenoxy) is 2. The quantitative estimate of drug-likeness (QED) is 0.787. The van der Waals surface area contributed by atoms with Gasteiger partial charge in [-0.05, 0) is 37.6 Å². The zero-order valence-corrected chi connectivity index (χ0v) is 8.91. The second-order valence-corrected chi connectivity index (χ2v) is 4.25. The van der Waals surface area contributed by atoms with Crippen LogP contribution in [0, 0.1) is 5.82 Å². The van der Waals surface area contributed by atoms with Gasteiger partial charge in [-0.3, -0.25) is 0 Å². The molecule has 2 aliphatic heterocycles. The first-order chi connectivity index (χ1) is 7.83. The minimum Gasteiger partial charge on any atom is -0.463 e. The van der Waals surface area contributed by atoms with Crippen molar-refractivity contribution in [2.24, 2.45) is 0 Å². The molecule has 3 nitrogen and oxygen atoms in total. The van der Waals surface area contributed by atoms with Gasteiger partial charge in [-0.1, -0.05) is 0 Å². The van der Waals surface area contributed by atoms with Crippen LogP contribution < -0.4 is 10.1 Å². The Balaban J connectivity index is 1.78. The molecule has 3 rings (SSSR count). The highest BCUT2D eigenvalue weighted by atomic mass is 19.1. The summed E-state index contributed by atoms with van der Waals surface area (Å²) in [6.07, 6.45) is 1.99. The zero-order chi connectivity index (χ0) is 11.0. The summed E-state index contributed by atoms with van der Waals surface area (Å²) in [6, 6.07) is 4.82. The molecule has 1 N–H and O–H groups in total. The summed E-state index contributed by atoms with van der Waals surface area (Å²) in [6.45, 7) is 1.44. The average Bonchev–Trinajstić information content (AvgIpc) is 2.82. The van der Waals surface area contributed by atoms with Crippen molar-refractivity contribution >= 4 is 0 Å². The fourth-order valence-electron chi connectivity index (χ4n) is 2.25. The Morgan fingerprint density at radius 1 is 1.38 bits per heavy atom. The maximum absolute atomic E-state index is 13.0. The van der Waals surface area contributed by atoms with Gasteiger partial charge in [0.1, 0.15) is 11.6 Å². The molecule has 0 saturated carbocycles. The number of benzene rings is 1. The number of hydrogen-bond acceptors (Lipinski definition) is 3. The highest BCUT2D eigenvalue weighted by Gasteiger charge is 2.30. The maximum Gasteiger partial charge on any atom is 0.215 e. The Hall–Kier alpha value is -1.13. The lowest BCUT2D eigenvalue weighted by Crippen LogP contribution is -2.42. The van der Waals surface area contributed by atoms with Crippen LogP contribution in [0.15, 0.2) is 18.2 Å². The standard InChI is InChI=1S/C12H14FNO2/c13-9-3-4-11-8(6-9)7-15-12(16-11)10-2-1-5-14-10/h3-4,6,10,12,14H,1-2,5,7H2. The first-order valence-electron chi connectivity index (χ1n) is 5.63. The van der Waals surface area contributed by atoms with E-state index in [2.05, 4.69) is 5.32 Å². The van der Waals surface area contributed by atoms with Gasteiger partial charge in [-0.25, -0.2) is 4.39 Å². The SMILES string of the molecule is Fc1ccc2c(c1)COC(C1CCCN1)O2. The summed E-state index contributed by atoms with van der Waals surface area (Å²) in [5.74, 6) is 0.495. The van der Waals surface area contributed by atoms with E-state index in [1.807, 2.05) is 0 Å². The molecule has 2 aliphatic rings. The molecular weight excluding hydrogens is 209 g/mol. The lowest BCUT2D eigenvalue weighted by molar-refractivity contribution is -0.124. The largest absolute Gasteiger partial charge is 0.463 e. The van der Waals surface area contributed by atoms with Gasteiger partial charge in [0.15, 0.2) is 0 Å². The average molecular weight is 223 g/mol. The van der Waals surface area contributed by atoms with E-state index in [1.165, 1.54) is 12.1 Å². The second-order valence-electron chi connectivity index (χ2n) is 4.25. The van der Waals surface area contributed by atoms with Crippen molar-refractivity contribution in [3.8, 4) is 5.75 Å². The van der Waals surface area contributed by atoms with Crippen LogP contribution in [0.25, 0.3) is 0 Å². The fourth-order valence-corrected chi connectivity index (χ4v) is 2.25. The molecular formula is C12H14FNO2. The van der Waals surface area contributed by atoms with Crippen molar-refractivity contribution in [3.63, 3.8) is 0 Å². The Kier molecular flexibility index (Phi) is 2.53. The van der Waals surface area contributed by atoms with Gasteiger partial charge < -0.3 is 14.8 Å². The molecule has 0 bridgehead atoms. The summed E-state index contributed by atoms with van der Waals surface area (Å²) in [5, 5.41) is 3.34. The fraction of sp³-hybridized carbons (Fsp3) is 0.500. The van der Waals surface area contributed by atoms with Gasteiger partial charge in [0.05, 0.1) is 12.6 Å². The summed E-state index contributed by atoms with van der Waals surface area (Å²) >= 11 is 0. The van der Waals surface area contributed by atoms with Crippen LogP contribution in [0.1, 0.15) is 18.4 Å². The summed E-state index contributed by atoms with van der Waals surface area (Å²) in [4.78, 5) is 0. The van der Waals surface area contributed by atoms with Crippen LogP contribution in [-0.2, 0) is 11.3 Å². The van der Waals surface area contributed by atoms with E-state index in [0.29, 0.717) is 6.61 Å². The molecule has 16 heavy (non-hydrogen) atoms. The van der Waals surface area contributed by atoms with Gasteiger partial charge in [0, 0.05) is 5.56 Å². The molecule has 0 spiro atoms. The molecule has 1 aromatic carbocycles. The summed E-state index contributed by atoms with van der Waals surface area (Å²) in [7, 11) is 0. The predicted octanol–water partition coefficient (Wildman–Crippen LogP) is 1.81.